The van der Waals surface area contributed by atoms with Crippen LogP contribution in [0.1, 0.15) is 5.69 Å². The van der Waals surface area contributed by atoms with Crippen LogP contribution < -0.4 is 17.4 Å². The van der Waals surface area contributed by atoms with Crippen molar-refractivity contribution in [2.24, 2.45) is 0 Å². The molecule has 0 fully saturated rings. The van der Waals surface area contributed by atoms with E-state index in [1.807, 2.05) is 4.98 Å². The molecule has 0 unspecified atom stereocenters. The van der Waals surface area contributed by atoms with Crippen molar-refractivity contribution >= 4 is 10.1 Å². The summed E-state index contributed by atoms with van der Waals surface area (Å²) in [6.07, 6.45) is 0. The second-order valence-corrected chi connectivity index (χ2v) is 3.70. The lowest BCUT2D eigenvalue weighted by Gasteiger charge is -1.98. The average molecular weight is 223 g/mol. The molecule has 0 aromatic carbocycles. The quantitative estimate of drug-likeness (QED) is 0.437. The maximum atomic E-state index is 10.9. The summed E-state index contributed by atoms with van der Waals surface area (Å²) in [5.41, 5.74) is -2.16. The molecule has 0 amide bonds. The number of hydrogen-bond donors (Lipinski definition) is 4. The molecule has 9 heteroatoms. The zero-order chi connectivity index (χ0) is 10.2. The van der Waals surface area contributed by atoms with Gasteiger partial charge in [-0.1, -0.05) is 0 Å². The van der Waals surface area contributed by atoms with Gasteiger partial charge in [-0.2, -0.15) is 8.42 Å². The van der Waals surface area contributed by atoms with Gasteiger partial charge in [-0.15, -0.1) is 0 Å². The third-order valence-corrected chi connectivity index (χ3v) is 2.34. The van der Waals surface area contributed by atoms with E-state index in [1.165, 1.54) is 6.92 Å². The normalized spacial score (nSPS) is 10.7. The molecular weight excluding hydrogens is 214 g/mol. The smallest absolute Gasteiger partial charge is 0.325 e. The van der Waals surface area contributed by atoms with Crippen LogP contribution in [0.15, 0.2) is 14.5 Å². The monoisotopic (exact) mass is 223 g/mol. The lowest BCUT2D eigenvalue weighted by atomic mass is 10.4. The highest BCUT2D eigenvalue weighted by Gasteiger charge is 2.18. The standard InChI is InChI=1S/C5H6N2O5S.H3N/c1-2-3(13(10,11)12)4(8)7-5(9)6-2;/h1H3,(H,10,11,12)(H2,6,7,8,9);1H3. The highest BCUT2D eigenvalue weighted by atomic mass is 32.2. The number of rotatable bonds is 1. The van der Waals surface area contributed by atoms with E-state index in [0.717, 1.165) is 0 Å². The Morgan fingerprint density at radius 3 is 2.07 bits per heavy atom. The van der Waals surface area contributed by atoms with Crippen LogP contribution in [0.4, 0.5) is 0 Å². The van der Waals surface area contributed by atoms with Crippen LogP contribution in [0.3, 0.4) is 0 Å². The summed E-state index contributed by atoms with van der Waals surface area (Å²) in [6.45, 7) is 1.19. The Balaban J connectivity index is 0.00000169. The van der Waals surface area contributed by atoms with Crippen LogP contribution >= 0.6 is 0 Å². The maximum absolute atomic E-state index is 10.9. The van der Waals surface area contributed by atoms with Crippen molar-refractivity contribution in [2.45, 2.75) is 11.8 Å². The predicted octanol–water partition coefficient (Wildman–Crippen LogP) is -1.22. The van der Waals surface area contributed by atoms with Gasteiger partial charge in [0.15, 0.2) is 4.90 Å². The van der Waals surface area contributed by atoms with E-state index in [9.17, 15) is 18.0 Å². The molecule has 0 bridgehead atoms. The van der Waals surface area contributed by atoms with Gasteiger partial charge >= 0.3 is 15.8 Å². The summed E-state index contributed by atoms with van der Waals surface area (Å²) in [4.78, 5) is 24.4. The van der Waals surface area contributed by atoms with E-state index in [4.69, 9.17) is 4.55 Å². The van der Waals surface area contributed by atoms with Gasteiger partial charge < -0.3 is 11.1 Å². The first-order valence-corrected chi connectivity index (χ1v) is 4.57. The highest BCUT2D eigenvalue weighted by Crippen LogP contribution is 2.02. The molecule has 1 aromatic rings. The van der Waals surface area contributed by atoms with Gasteiger partial charge in [0.05, 0.1) is 0 Å². The Labute approximate surface area is 78.3 Å². The van der Waals surface area contributed by atoms with E-state index < -0.39 is 26.3 Å². The first kappa shape index (κ1) is 12.5. The molecule has 14 heavy (non-hydrogen) atoms. The molecule has 80 valence electrons. The van der Waals surface area contributed by atoms with Gasteiger partial charge in [-0.3, -0.25) is 14.3 Å². The predicted molar refractivity (Wildman–Crippen MR) is 47.3 cm³/mol. The van der Waals surface area contributed by atoms with Gasteiger partial charge in [0.1, 0.15) is 0 Å². The van der Waals surface area contributed by atoms with Crippen molar-refractivity contribution in [1.29, 1.82) is 0 Å². The number of aromatic nitrogens is 2. The van der Waals surface area contributed by atoms with Crippen molar-refractivity contribution in [3.8, 4) is 0 Å². The molecule has 8 nitrogen and oxygen atoms in total. The molecule has 0 saturated carbocycles. The van der Waals surface area contributed by atoms with E-state index >= 15 is 0 Å². The zero-order valence-corrected chi connectivity index (χ0v) is 8.01. The van der Waals surface area contributed by atoms with Gasteiger partial charge in [0.25, 0.3) is 5.56 Å². The summed E-state index contributed by atoms with van der Waals surface area (Å²) in [7, 11) is -4.59. The zero-order valence-electron chi connectivity index (χ0n) is 7.20. The number of H-pyrrole nitrogens is 2. The molecule has 1 aromatic heterocycles. The Morgan fingerprint density at radius 1 is 1.21 bits per heavy atom. The van der Waals surface area contributed by atoms with E-state index in [2.05, 4.69) is 0 Å². The fourth-order valence-corrected chi connectivity index (χ4v) is 1.62. The van der Waals surface area contributed by atoms with Gasteiger partial charge in [0, 0.05) is 5.69 Å². The third-order valence-electron chi connectivity index (χ3n) is 1.33. The minimum absolute atomic E-state index is 0. The molecule has 0 radical (unpaired) electrons. The minimum Gasteiger partial charge on any atom is -0.344 e. The molecule has 0 aliphatic rings. The van der Waals surface area contributed by atoms with E-state index in [-0.39, 0.29) is 11.8 Å². The highest BCUT2D eigenvalue weighted by molar-refractivity contribution is 7.85. The van der Waals surface area contributed by atoms with Gasteiger partial charge in [0.2, 0.25) is 0 Å². The maximum Gasteiger partial charge on any atom is 0.325 e. The summed E-state index contributed by atoms with van der Waals surface area (Å²) in [5, 5.41) is 0. The van der Waals surface area contributed by atoms with Crippen molar-refractivity contribution in [3.63, 3.8) is 0 Å². The first-order chi connectivity index (χ1) is 5.82. The molecule has 6 N–H and O–H groups in total. The minimum atomic E-state index is -4.59. The second-order valence-electron chi connectivity index (χ2n) is 2.34. The Kier molecular flexibility index (Phi) is 3.35. The molecule has 0 aliphatic carbocycles. The van der Waals surface area contributed by atoms with Gasteiger partial charge in [-0.25, -0.2) is 4.79 Å². The van der Waals surface area contributed by atoms with Crippen LogP contribution in [-0.2, 0) is 10.1 Å². The molecular formula is C5H9N3O5S. The average Bonchev–Trinajstić information content (AvgIpc) is 1.78. The number of aromatic amines is 2. The second kappa shape index (κ2) is 3.74. The summed E-state index contributed by atoms with van der Waals surface area (Å²) in [6, 6.07) is 0. The lowest BCUT2D eigenvalue weighted by Crippen LogP contribution is -2.28. The van der Waals surface area contributed by atoms with Crippen LogP contribution in [0.2, 0.25) is 0 Å². The molecule has 0 atom stereocenters. The number of nitrogens with one attached hydrogen (secondary N) is 2. The molecule has 0 saturated heterocycles. The van der Waals surface area contributed by atoms with Crippen molar-refractivity contribution in [3.05, 3.63) is 26.5 Å². The number of hydrogen-bond acceptors (Lipinski definition) is 5. The van der Waals surface area contributed by atoms with Crippen LogP contribution in [0.5, 0.6) is 0 Å². The molecule has 1 rings (SSSR count). The molecule has 0 aliphatic heterocycles. The summed E-state index contributed by atoms with van der Waals surface area (Å²) >= 11 is 0. The molecule has 1 heterocycles. The van der Waals surface area contributed by atoms with E-state index in [0.29, 0.717) is 0 Å². The topological polar surface area (TPSA) is 155 Å². The van der Waals surface area contributed by atoms with Crippen molar-refractivity contribution in [2.75, 3.05) is 0 Å². The van der Waals surface area contributed by atoms with Crippen LogP contribution in [0, 0.1) is 6.92 Å². The summed E-state index contributed by atoms with van der Waals surface area (Å²) in [5.74, 6) is 0. The fraction of sp³-hybridized carbons (Fsp3) is 0.200. The molecule has 0 spiro atoms. The van der Waals surface area contributed by atoms with Crippen molar-refractivity contribution < 1.29 is 13.0 Å². The summed E-state index contributed by atoms with van der Waals surface area (Å²) < 4.78 is 29.8. The fourth-order valence-electron chi connectivity index (χ4n) is 0.899. The van der Waals surface area contributed by atoms with E-state index in [1.54, 1.807) is 4.98 Å². The Hall–Kier alpha value is -1.45. The lowest BCUT2D eigenvalue weighted by molar-refractivity contribution is 0.480. The largest absolute Gasteiger partial charge is 0.344 e. The number of aryl methyl sites for hydroxylation is 1. The SMILES string of the molecule is Cc1[nH]c(=O)[nH]c(=O)c1S(=O)(=O)O.N. The van der Waals surface area contributed by atoms with Crippen LogP contribution in [0.25, 0.3) is 0 Å². The van der Waals surface area contributed by atoms with Gasteiger partial charge in [-0.05, 0) is 6.92 Å². The first-order valence-electron chi connectivity index (χ1n) is 3.13. The third kappa shape index (κ3) is 2.28. The van der Waals surface area contributed by atoms with Crippen molar-refractivity contribution in [1.82, 2.24) is 16.1 Å². The van der Waals surface area contributed by atoms with Crippen LogP contribution in [-0.4, -0.2) is 22.9 Å². The Bertz CT molecular complexity index is 539. The Morgan fingerprint density at radius 2 is 1.71 bits per heavy atom.